The van der Waals surface area contributed by atoms with E-state index in [4.69, 9.17) is 14.5 Å². The largest absolute Gasteiger partial charge is 0.441 e. The molecule has 0 radical (unpaired) electrons. The van der Waals surface area contributed by atoms with Crippen LogP contribution in [0.5, 0.6) is 0 Å². The second-order valence-corrected chi connectivity index (χ2v) is 7.54. The molecule has 7 heteroatoms. The highest BCUT2D eigenvalue weighted by Crippen LogP contribution is 2.36. The maximum Gasteiger partial charge on any atom is 0.407 e. The van der Waals surface area contributed by atoms with Crippen LogP contribution in [0.3, 0.4) is 0 Å². The third-order valence-electron chi connectivity index (χ3n) is 5.81. The molecule has 0 aromatic heterocycles. The molecule has 1 saturated carbocycles. The van der Waals surface area contributed by atoms with Gasteiger partial charge in [-0.1, -0.05) is 6.08 Å². The van der Waals surface area contributed by atoms with Crippen molar-refractivity contribution in [3.05, 3.63) is 12.2 Å². The molecule has 4 aliphatic rings. The first-order valence-electron chi connectivity index (χ1n) is 9.48. The molecule has 1 atom stereocenters. The predicted molar refractivity (Wildman–Crippen MR) is 94.8 cm³/mol. The van der Waals surface area contributed by atoms with Crippen molar-refractivity contribution in [2.45, 2.75) is 37.3 Å². The van der Waals surface area contributed by atoms with Gasteiger partial charge in [-0.25, -0.2) is 4.79 Å². The second-order valence-electron chi connectivity index (χ2n) is 7.54. The molecule has 138 valence electrons. The number of aliphatic imine (C=N–C) groups is 1. The Morgan fingerprint density at radius 2 is 2.12 bits per heavy atom. The van der Waals surface area contributed by atoms with E-state index < -0.39 is 0 Å². The average Bonchev–Trinajstić information content (AvgIpc) is 3.03. The first-order chi connectivity index (χ1) is 12.2. The van der Waals surface area contributed by atoms with Gasteiger partial charge < -0.3 is 25.0 Å². The first kappa shape index (κ1) is 16.8. The first-order valence-corrected chi connectivity index (χ1v) is 9.48. The van der Waals surface area contributed by atoms with Crippen molar-refractivity contribution in [2.75, 3.05) is 45.9 Å². The fourth-order valence-electron chi connectivity index (χ4n) is 4.14. The number of rotatable bonds is 3. The number of amidine groups is 1. The normalized spacial score (nSPS) is 35.4. The average molecular weight is 348 g/mol. The van der Waals surface area contributed by atoms with E-state index in [1.54, 1.807) is 0 Å². The lowest BCUT2D eigenvalue weighted by atomic mass is 9.79. The summed E-state index contributed by atoms with van der Waals surface area (Å²) in [5.74, 6) is 1.75. The van der Waals surface area contributed by atoms with E-state index in [0.717, 1.165) is 70.9 Å². The third-order valence-corrected chi connectivity index (χ3v) is 5.81. The molecule has 2 N–H and O–H groups in total. The van der Waals surface area contributed by atoms with Gasteiger partial charge in [0, 0.05) is 19.1 Å². The molecule has 0 aromatic carbocycles. The van der Waals surface area contributed by atoms with Gasteiger partial charge in [0.05, 0.1) is 26.3 Å². The minimum absolute atomic E-state index is 0.227. The zero-order chi connectivity index (χ0) is 17.1. The summed E-state index contributed by atoms with van der Waals surface area (Å²) < 4.78 is 10.9. The predicted octanol–water partition coefficient (Wildman–Crippen LogP) is 0.914. The Morgan fingerprint density at radius 1 is 1.32 bits per heavy atom. The van der Waals surface area contributed by atoms with E-state index in [0.29, 0.717) is 18.5 Å². The van der Waals surface area contributed by atoms with Gasteiger partial charge >= 0.3 is 6.09 Å². The summed E-state index contributed by atoms with van der Waals surface area (Å²) in [5.41, 5.74) is -0.227. The van der Waals surface area contributed by atoms with Gasteiger partial charge in [-0.15, -0.1) is 0 Å². The molecule has 2 saturated heterocycles. The molecule has 25 heavy (non-hydrogen) atoms. The lowest BCUT2D eigenvalue weighted by Crippen LogP contribution is -2.44. The van der Waals surface area contributed by atoms with Crippen LogP contribution in [-0.4, -0.2) is 74.4 Å². The van der Waals surface area contributed by atoms with Gasteiger partial charge in [-0.2, -0.15) is 0 Å². The van der Waals surface area contributed by atoms with E-state index in [1.165, 1.54) is 0 Å². The Bertz CT molecular complexity index is 549. The summed E-state index contributed by atoms with van der Waals surface area (Å²) in [7, 11) is 0. The van der Waals surface area contributed by atoms with E-state index in [-0.39, 0.29) is 11.7 Å². The van der Waals surface area contributed by atoms with Crippen molar-refractivity contribution in [1.82, 2.24) is 15.5 Å². The topological polar surface area (TPSA) is 75.2 Å². The highest BCUT2D eigenvalue weighted by molar-refractivity contribution is 5.93. The number of nitrogens with zero attached hydrogens (tertiary/aromatic N) is 2. The molecule has 3 aliphatic heterocycles. The minimum Gasteiger partial charge on any atom is -0.441 e. The molecule has 4 rings (SSSR count). The van der Waals surface area contributed by atoms with Crippen LogP contribution in [0.1, 0.15) is 25.7 Å². The van der Waals surface area contributed by atoms with Gasteiger partial charge in [0.25, 0.3) is 0 Å². The maximum absolute atomic E-state index is 11.3. The number of hydrogen-bond donors (Lipinski definition) is 2. The molecule has 0 bridgehead atoms. The number of ether oxygens (including phenoxy) is 2. The summed E-state index contributed by atoms with van der Waals surface area (Å²) in [4.78, 5) is 18.3. The van der Waals surface area contributed by atoms with E-state index in [1.807, 2.05) is 0 Å². The summed E-state index contributed by atoms with van der Waals surface area (Å²) in [6.07, 6.45) is 8.30. The van der Waals surface area contributed by atoms with Crippen molar-refractivity contribution in [2.24, 2.45) is 10.9 Å². The number of amides is 1. The van der Waals surface area contributed by atoms with Crippen LogP contribution in [0, 0.1) is 5.92 Å². The fraction of sp³-hybridized carbons (Fsp3) is 0.778. The molecule has 1 amide bonds. The maximum atomic E-state index is 11.3. The second kappa shape index (κ2) is 7.33. The summed E-state index contributed by atoms with van der Waals surface area (Å²) in [5, 5.41) is 6.44. The molecule has 0 aromatic rings. The monoisotopic (exact) mass is 348 g/mol. The standard InChI is InChI=1S/C18H28N4O3/c23-17-21-13-18(25-17)5-3-14(4-6-18)11-19-15-1-2-16(20-12-15)22-7-9-24-10-8-22/h1-2,14-15,19H,3-13H2,(H,21,23). The lowest BCUT2D eigenvalue weighted by Gasteiger charge is -2.35. The third kappa shape index (κ3) is 3.98. The SMILES string of the molecule is O=C1NCC2(CCC(CNC3C=CC(N4CCOCC4)=NC3)CC2)O1. The van der Waals surface area contributed by atoms with Crippen LogP contribution in [-0.2, 0) is 9.47 Å². The Hall–Kier alpha value is -1.60. The van der Waals surface area contributed by atoms with E-state index >= 15 is 0 Å². The molecular formula is C18H28N4O3. The molecule has 3 fully saturated rings. The van der Waals surface area contributed by atoms with E-state index in [2.05, 4.69) is 27.7 Å². The van der Waals surface area contributed by atoms with Gasteiger partial charge in [0.1, 0.15) is 11.4 Å². The summed E-state index contributed by atoms with van der Waals surface area (Å²) >= 11 is 0. The molecule has 1 unspecified atom stereocenters. The number of dihydropyridines is 1. The minimum atomic E-state index is -0.252. The Balaban J connectivity index is 1.18. The van der Waals surface area contributed by atoms with Crippen molar-refractivity contribution < 1.29 is 14.3 Å². The van der Waals surface area contributed by atoms with Crippen LogP contribution in [0.25, 0.3) is 0 Å². The van der Waals surface area contributed by atoms with Crippen LogP contribution >= 0.6 is 0 Å². The zero-order valence-electron chi connectivity index (χ0n) is 14.7. The number of hydrogen-bond acceptors (Lipinski definition) is 6. The smallest absolute Gasteiger partial charge is 0.407 e. The van der Waals surface area contributed by atoms with Gasteiger partial charge in [0.15, 0.2) is 0 Å². The van der Waals surface area contributed by atoms with Crippen molar-refractivity contribution in [3.63, 3.8) is 0 Å². The molecule has 7 nitrogen and oxygen atoms in total. The Labute approximate surface area is 148 Å². The number of nitrogens with one attached hydrogen (secondary N) is 2. The van der Waals surface area contributed by atoms with Gasteiger partial charge in [0.2, 0.25) is 0 Å². The van der Waals surface area contributed by atoms with Crippen LogP contribution in [0.2, 0.25) is 0 Å². The molecule has 3 heterocycles. The molecular weight excluding hydrogens is 320 g/mol. The van der Waals surface area contributed by atoms with Gasteiger partial charge in [-0.05, 0) is 44.2 Å². The quantitative estimate of drug-likeness (QED) is 0.793. The molecule has 1 spiro atoms. The summed E-state index contributed by atoms with van der Waals surface area (Å²) in [6, 6.07) is 0.326. The number of alkyl carbamates (subject to hydrolysis) is 1. The number of carbonyl (C=O) groups excluding carboxylic acids is 1. The van der Waals surface area contributed by atoms with Crippen molar-refractivity contribution in [1.29, 1.82) is 0 Å². The highest BCUT2D eigenvalue weighted by Gasteiger charge is 2.43. The Kier molecular flexibility index (Phi) is 4.94. The highest BCUT2D eigenvalue weighted by atomic mass is 16.6. The van der Waals surface area contributed by atoms with Crippen LogP contribution in [0.4, 0.5) is 4.79 Å². The fourth-order valence-corrected chi connectivity index (χ4v) is 4.14. The number of carbonyl (C=O) groups is 1. The molecule has 1 aliphatic carbocycles. The van der Waals surface area contributed by atoms with Crippen molar-refractivity contribution in [3.8, 4) is 0 Å². The number of morpholine rings is 1. The van der Waals surface area contributed by atoms with E-state index in [9.17, 15) is 4.79 Å². The van der Waals surface area contributed by atoms with Gasteiger partial charge in [-0.3, -0.25) is 4.99 Å². The van der Waals surface area contributed by atoms with Crippen molar-refractivity contribution >= 4 is 11.9 Å². The lowest BCUT2D eigenvalue weighted by molar-refractivity contribution is 0.0133. The summed E-state index contributed by atoms with van der Waals surface area (Å²) in [6.45, 7) is 5.95. The zero-order valence-corrected chi connectivity index (χ0v) is 14.7. The van der Waals surface area contributed by atoms with Crippen LogP contribution in [0.15, 0.2) is 17.1 Å². The Morgan fingerprint density at radius 3 is 2.76 bits per heavy atom. The van der Waals surface area contributed by atoms with Crippen LogP contribution < -0.4 is 10.6 Å².